The molecule has 0 aromatic heterocycles. The largest absolute Gasteiger partial charge is 0.491 e. The Kier molecular flexibility index (Phi) is 14.4. The molecule has 0 saturated heterocycles. The molecule has 0 aliphatic rings. The minimum atomic E-state index is 0.0481. The molecule has 0 saturated carbocycles. The summed E-state index contributed by atoms with van der Waals surface area (Å²) in [6.45, 7) is 10.6. The van der Waals surface area contributed by atoms with Crippen LogP contribution in [0, 0.1) is 6.92 Å². The monoisotopic (exact) mass is 382 g/mol. The average molecular weight is 383 g/mol. The Labute approximate surface area is 162 Å². The summed E-state index contributed by atoms with van der Waals surface area (Å²) in [4.78, 5) is 1.18. The van der Waals surface area contributed by atoms with Gasteiger partial charge < -0.3 is 9.47 Å². The Balaban J connectivity index is 0.00000134. The number of thioether (sulfide) groups is 1. The van der Waals surface area contributed by atoms with E-state index in [2.05, 4.69) is 6.92 Å². The fraction of sp³-hybridized carbons (Fsp3) is 0.429. The Hall–Kier alpha value is -1.16. The van der Waals surface area contributed by atoms with Crippen molar-refractivity contribution in [3.63, 3.8) is 0 Å². The van der Waals surface area contributed by atoms with Crippen LogP contribution in [0.1, 0.15) is 33.3 Å². The molecule has 2 aromatic rings. The number of rotatable bonds is 7. The van der Waals surface area contributed by atoms with Gasteiger partial charge in [-0.2, -0.15) is 0 Å². The summed E-state index contributed by atoms with van der Waals surface area (Å²) in [6.07, 6.45) is 0.0481. The van der Waals surface area contributed by atoms with Gasteiger partial charge in [-0.3, -0.25) is 0 Å². The van der Waals surface area contributed by atoms with Crippen molar-refractivity contribution in [2.24, 2.45) is 0 Å². The van der Waals surface area contributed by atoms with Gasteiger partial charge in [0.05, 0.1) is 0 Å². The van der Waals surface area contributed by atoms with E-state index >= 15 is 0 Å². The van der Waals surface area contributed by atoms with Crippen molar-refractivity contribution in [3.8, 4) is 5.75 Å². The number of ether oxygens (including phenoxy) is 2. The van der Waals surface area contributed by atoms with Crippen LogP contribution in [-0.2, 0) is 4.74 Å². The van der Waals surface area contributed by atoms with E-state index < -0.39 is 0 Å². The highest BCUT2D eigenvalue weighted by Gasteiger charge is 2.09. The van der Waals surface area contributed by atoms with Gasteiger partial charge in [0, 0.05) is 22.8 Å². The van der Waals surface area contributed by atoms with E-state index in [1.54, 1.807) is 18.9 Å². The summed E-state index contributed by atoms with van der Waals surface area (Å²) in [5.74, 6) is 1.71. The lowest BCUT2D eigenvalue weighted by atomic mass is 10.2. The number of hydrogen-bond donors (Lipinski definition) is 0. The van der Waals surface area contributed by atoms with Crippen LogP contribution in [0.5, 0.6) is 5.75 Å². The Morgan fingerprint density at radius 3 is 2.00 bits per heavy atom. The third-order valence-electron chi connectivity index (χ3n) is 3.04. The van der Waals surface area contributed by atoms with Crippen molar-refractivity contribution in [1.29, 1.82) is 0 Å². The zero-order valence-corrected chi connectivity index (χ0v) is 17.8. The second kappa shape index (κ2) is 15.1. The molecule has 4 heteroatoms. The Morgan fingerprint density at radius 2 is 1.48 bits per heavy atom. The van der Waals surface area contributed by atoms with E-state index in [0.29, 0.717) is 6.61 Å². The zero-order chi connectivity index (χ0) is 19.1. The standard InChI is InChI=1S/C17H19ClO2S.2C2H6/c1-13-3-7-15(8-4-13)20-11-16(19-2)12-21-17-9-5-14(18)6-10-17;2*1-2/h3-10,16H,11-12H2,1-2H3;2*1-2H3. The van der Waals surface area contributed by atoms with E-state index in [1.165, 1.54) is 10.5 Å². The van der Waals surface area contributed by atoms with Crippen molar-refractivity contribution in [3.05, 3.63) is 59.1 Å². The molecule has 0 fully saturated rings. The van der Waals surface area contributed by atoms with Gasteiger partial charge in [0.1, 0.15) is 18.5 Å². The molecule has 0 radical (unpaired) electrons. The van der Waals surface area contributed by atoms with Crippen LogP contribution in [0.3, 0.4) is 0 Å². The fourth-order valence-corrected chi connectivity index (χ4v) is 2.79. The van der Waals surface area contributed by atoms with Gasteiger partial charge in [-0.1, -0.05) is 57.0 Å². The van der Waals surface area contributed by atoms with E-state index in [-0.39, 0.29) is 6.10 Å². The topological polar surface area (TPSA) is 18.5 Å². The maximum atomic E-state index is 5.88. The van der Waals surface area contributed by atoms with Crippen LogP contribution in [0.4, 0.5) is 0 Å². The summed E-state index contributed by atoms with van der Waals surface area (Å²) in [5.41, 5.74) is 1.23. The molecule has 1 unspecified atom stereocenters. The van der Waals surface area contributed by atoms with E-state index in [4.69, 9.17) is 21.1 Å². The van der Waals surface area contributed by atoms with Crippen molar-refractivity contribution in [1.82, 2.24) is 0 Å². The SMILES string of the molecule is CC.CC.COC(COc1ccc(C)cc1)CSc1ccc(Cl)cc1. The third kappa shape index (κ3) is 10.4. The quantitative estimate of drug-likeness (QED) is 0.486. The number of methoxy groups -OCH3 is 1. The molecule has 0 amide bonds. The highest BCUT2D eigenvalue weighted by molar-refractivity contribution is 7.99. The number of hydrogen-bond acceptors (Lipinski definition) is 3. The zero-order valence-electron chi connectivity index (χ0n) is 16.2. The summed E-state index contributed by atoms with van der Waals surface area (Å²) in [6, 6.07) is 15.9. The molecule has 0 aliphatic heterocycles. The lowest BCUT2D eigenvalue weighted by Crippen LogP contribution is -2.22. The maximum absolute atomic E-state index is 5.88. The van der Waals surface area contributed by atoms with Gasteiger partial charge in [0.2, 0.25) is 0 Å². The fourth-order valence-electron chi connectivity index (χ4n) is 1.73. The average Bonchev–Trinajstić information content (AvgIpc) is 2.68. The first-order chi connectivity index (χ1) is 12.2. The van der Waals surface area contributed by atoms with Gasteiger partial charge >= 0.3 is 0 Å². The summed E-state index contributed by atoms with van der Waals surface area (Å²) in [7, 11) is 1.71. The third-order valence-corrected chi connectivity index (χ3v) is 4.44. The summed E-state index contributed by atoms with van der Waals surface area (Å²) >= 11 is 7.61. The lowest BCUT2D eigenvalue weighted by Gasteiger charge is -2.16. The minimum Gasteiger partial charge on any atom is -0.491 e. The molecule has 1 atom stereocenters. The highest BCUT2D eigenvalue weighted by Crippen LogP contribution is 2.22. The molecule has 0 spiro atoms. The normalized spacial score (nSPS) is 10.7. The van der Waals surface area contributed by atoms with Gasteiger partial charge in [-0.25, -0.2) is 0 Å². The van der Waals surface area contributed by atoms with Gasteiger partial charge in [-0.05, 0) is 43.3 Å². The van der Waals surface area contributed by atoms with Gasteiger partial charge in [-0.15, -0.1) is 11.8 Å². The highest BCUT2D eigenvalue weighted by atomic mass is 35.5. The Morgan fingerprint density at radius 1 is 0.920 bits per heavy atom. The van der Waals surface area contributed by atoms with Crippen molar-refractivity contribution in [2.45, 2.75) is 45.6 Å². The molecule has 0 heterocycles. The van der Waals surface area contributed by atoms with Gasteiger partial charge in [0.15, 0.2) is 0 Å². The molecule has 2 nitrogen and oxygen atoms in total. The van der Waals surface area contributed by atoms with Crippen molar-refractivity contribution < 1.29 is 9.47 Å². The number of benzene rings is 2. The second-order valence-electron chi connectivity index (χ2n) is 4.75. The molecule has 2 rings (SSSR count). The summed E-state index contributed by atoms with van der Waals surface area (Å²) in [5, 5.41) is 0.755. The number of aryl methyl sites for hydroxylation is 1. The smallest absolute Gasteiger partial charge is 0.119 e. The lowest BCUT2D eigenvalue weighted by molar-refractivity contribution is 0.0750. The van der Waals surface area contributed by atoms with Crippen LogP contribution in [-0.4, -0.2) is 25.6 Å². The van der Waals surface area contributed by atoms with Crippen molar-refractivity contribution >= 4 is 23.4 Å². The summed E-state index contributed by atoms with van der Waals surface area (Å²) < 4.78 is 11.2. The van der Waals surface area contributed by atoms with E-state index in [1.807, 2.05) is 76.2 Å². The van der Waals surface area contributed by atoms with E-state index in [9.17, 15) is 0 Å². The van der Waals surface area contributed by atoms with Crippen LogP contribution in [0.2, 0.25) is 5.02 Å². The molecule has 2 aromatic carbocycles. The first-order valence-electron chi connectivity index (χ1n) is 8.78. The van der Waals surface area contributed by atoms with Crippen molar-refractivity contribution in [2.75, 3.05) is 19.5 Å². The predicted molar refractivity (Wildman–Crippen MR) is 112 cm³/mol. The molecule has 0 bridgehead atoms. The molecular weight excluding hydrogens is 352 g/mol. The molecule has 0 aliphatic carbocycles. The Bertz CT molecular complexity index is 491. The molecule has 140 valence electrons. The molecular formula is C21H31ClO2S. The molecule has 0 N–H and O–H groups in total. The first kappa shape index (κ1) is 23.8. The predicted octanol–water partition coefficient (Wildman–Crippen LogP) is 6.89. The van der Waals surface area contributed by atoms with Crippen LogP contribution in [0.25, 0.3) is 0 Å². The number of halogens is 1. The van der Waals surface area contributed by atoms with Crippen LogP contribution < -0.4 is 4.74 Å². The van der Waals surface area contributed by atoms with E-state index in [0.717, 1.165) is 16.5 Å². The second-order valence-corrected chi connectivity index (χ2v) is 6.28. The minimum absolute atomic E-state index is 0.0481. The first-order valence-corrected chi connectivity index (χ1v) is 10.1. The van der Waals surface area contributed by atoms with Crippen LogP contribution >= 0.6 is 23.4 Å². The van der Waals surface area contributed by atoms with Gasteiger partial charge in [0.25, 0.3) is 0 Å². The van der Waals surface area contributed by atoms with Crippen LogP contribution in [0.15, 0.2) is 53.4 Å². The molecule has 25 heavy (non-hydrogen) atoms. The maximum Gasteiger partial charge on any atom is 0.119 e.